The van der Waals surface area contributed by atoms with Gasteiger partial charge in [0.05, 0.1) is 30.1 Å². The minimum absolute atomic E-state index is 0.00113. The third-order valence-electron chi connectivity index (χ3n) is 7.95. The van der Waals surface area contributed by atoms with Crippen LogP contribution in [0.5, 0.6) is 0 Å². The Balaban J connectivity index is 2.08. The summed E-state index contributed by atoms with van der Waals surface area (Å²) in [5.41, 5.74) is -1.81. The van der Waals surface area contributed by atoms with Crippen molar-refractivity contribution in [3.05, 3.63) is 0 Å². The van der Waals surface area contributed by atoms with Gasteiger partial charge in [-0.2, -0.15) is 0 Å². The van der Waals surface area contributed by atoms with E-state index in [1.54, 1.807) is 11.9 Å². The zero-order valence-electron chi connectivity index (χ0n) is 19.7. The van der Waals surface area contributed by atoms with Gasteiger partial charge in [-0.3, -0.25) is 14.4 Å². The van der Waals surface area contributed by atoms with E-state index in [1.165, 1.54) is 0 Å². The largest absolute Gasteiger partial charge is 0.394 e. The number of ether oxygens (including phenoxy) is 1. The van der Waals surface area contributed by atoms with Crippen molar-refractivity contribution < 1.29 is 24.2 Å². The van der Waals surface area contributed by atoms with Gasteiger partial charge in [0.2, 0.25) is 17.7 Å². The molecule has 3 aliphatic rings. The van der Waals surface area contributed by atoms with Crippen molar-refractivity contribution in [1.82, 2.24) is 15.5 Å². The molecule has 2 bridgehead atoms. The molecule has 3 heterocycles. The van der Waals surface area contributed by atoms with Gasteiger partial charge in [0.15, 0.2) is 0 Å². The molecule has 3 rings (SSSR count). The van der Waals surface area contributed by atoms with Crippen LogP contribution in [0.2, 0.25) is 0 Å². The molecular weight excluding hydrogens is 398 g/mol. The predicted molar refractivity (Wildman–Crippen MR) is 116 cm³/mol. The summed E-state index contributed by atoms with van der Waals surface area (Å²) in [7, 11) is 1.56. The predicted octanol–water partition coefficient (Wildman–Crippen LogP) is 1.21. The second-order valence-electron chi connectivity index (χ2n) is 9.92. The van der Waals surface area contributed by atoms with Crippen molar-refractivity contribution in [2.75, 3.05) is 13.7 Å². The quantitative estimate of drug-likeness (QED) is 0.503. The molecule has 3 saturated heterocycles. The van der Waals surface area contributed by atoms with Gasteiger partial charge in [-0.25, -0.2) is 0 Å². The lowest BCUT2D eigenvalue weighted by Crippen LogP contribution is -2.60. The maximum Gasteiger partial charge on any atom is 0.246 e. The van der Waals surface area contributed by atoms with Gasteiger partial charge >= 0.3 is 0 Å². The third-order valence-corrected chi connectivity index (χ3v) is 7.95. The van der Waals surface area contributed by atoms with Crippen molar-refractivity contribution in [2.45, 2.75) is 96.1 Å². The van der Waals surface area contributed by atoms with Gasteiger partial charge in [-0.05, 0) is 39.0 Å². The first-order valence-electron chi connectivity index (χ1n) is 11.8. The van der Waals surface area contributed by atoms with Gasteiger partial charge in [0.1, 0.15) is 11.6 Å². The maximum atomic E-state index is 13.9. The number of nitrogens with one attached hydrogen (secondary N) is 2. The highest BCUT2D eigenvalue weighted by molar-refractivity contribution is 5.99. The average molecular weight is 438 g/mol. The molecule has 0 aromatic rings. The smallest absolute Gasteiger partial charge is 0.246 e. The van der Waals surface area contributed by atoms with Crippen molar-refractivity contribution in [1.29, 1.82) is 0 Å². The fourth-order valence-corrected chi connectivity index (χ4v) is 6.22. The Morgan fingerprint density at radius 2 is 1.94 bits per heavy atom. The molecule has 8 heteroatoms. The molecule has 3 N–H and O–H groups in total. The Morgan fingerprint density at radius 1 is 1.26 bits per heavy atom. The number of amides is 3. The second kappa shape index (κ2) is 8.70. The number of carbonyl (C=O) groups is 3. The van der Waals surface area contributed by atoms with E-state index in [0.717, 1.165) is 19.3 Å². The molecule has 3 aliphatic heterocycles. The highest BCUT2D eigenvalue weighted by atomic mass is 16.5. The minimum Gasteiger partial charge on any atom is -0.394 e. The zero-order valence-corrected chi connectivity index (χ0v) is 19.7. The van der Waals surface area contributed by atoms with Crippen molar-refractivity contribution in [3.8, 4) is 0 Å². The van der Waals surface area contributed by atoms with Crippen LogP contribution in [-0.2, 0) is 19.1 Å². The Labute approximate surface area is 185 Å². The van der Waals surface area contributed by atoms with Gasteiger partial charge in [-0.15, -0.1) is 0 Å². The van der Waals surface area contributed by atoms with E-state index in [1.807, 2.05) is 27.7 Å². The van der Waals surface area contributed by atoms with Crippen LogP contribution in [0.25, 0.3) is 0 Å². The molecule has 3 fully saturated rings. The summed E-state index contributed by atoms with van der Waals surface area (Å²) < 4.78 is 6.53. The van der Waals surface area contributed by atoms with E-state index in [4.69, 9.17) is 4.74 Å². The number of aliphatic hydroxyl groups is 1. The Kier molecular flexibility index (Phi) is 6.73. The number of fused-ring (bicyclic) bond motifs is 1. The second-order valence-corrected chi connectivity index (χ2v) is 9.92. The monoisotopic (exact) mass is 437 g/mol. The summed E-state index contributed by atoms with van der Waals surface area (Å²) in [5, 5.41) is 16.0. The third kappa shape index (κ3) is 3.55. The summed E-state index contributed by atoms with van der Waals surface area (Å²) >= 11 is 0. The van der Waals surface area contributed by atoms with Gasteiger partial charge in [-0.1, -0.05) is 33.6 Å². The number of aliphatic hydroxyl groups excluding tert-OH is 1. The standard InChI is InChI=1S/C23H39N3O5/c1-7-9-14(4)25-20(29)18-23-11-10-22(5,31-23)16(19(28)24-6)17(23)21(30)26(18)15(12-27)13(3)8-2/h13-18,27H,7-12H2,1-6H3,(H,24,28)(H,25,29)/t13-,14?,15-,16+,17-,18?,22-,23?/m0/s1. The Bertz CT molecular complexity index is 730. The highest BCUT2D eigenvalue weighted by Crippen LogP contribution is 2.63. The Hall–Kier alpha value is -1.67. The summed E-state index contributed by atoms with van der Waals surface area (Å²) in [6.45, 7) is 9.64. The van der Waals surface area contributed by atoms with Crippen LogP contribution < -0.4 is 10.6 Å². The molecule has 0 radical (unpaired) electrons. The molecule has 1 spiro atoms. The topological polar surface area (TPSA) is 108 Å². The van der Waals surface area contributed by atoms with Gasteiger partial charge in [0, 0.05) is 13.1 Å². The van der Waals surface area contributed by atoms with E-state index in [-0.39, 0.29) is 36.3 Å². The number of rotatable bonds is 9. The lowest BCUT2D eigenvalue weighted by atomic mass is 9.66. The molecule has 3 amide bonds. The minimum atomic E-state index is -1.04. The maximum absolute atomic E-state index is 13.9. The van der Waals surface area contributed by atoms with E-state index in [9.17, 15) is 19.5 Å². The molecule has 8 nitrogen and oxygen atoms in total. The number of nitrogens with zero attached hydrogens (tertiary/aromatic N) is 1. The molecule has 176 valence electrons. The van der Waals surface area contributed by atoms with Crippen LogP contribution >= 0.6 is 0 Å². The first kappa shape index (κ1) is 24.0. The van der Waals surface area contributed by atoms with Crippen LogP contribution in [0, 0.1) is 17.8 Å². The van der Waals surface area contributed by atoms with E-state index < -0.39 is 35.1 Å². The van der Waals surface area contributed by atoms with Crippen molar-refractivity contribution >= 4 is 17.7 Å². The molecule has 0 saturated carbocycles. The molecular formula is C23H39N3O5. The summed E-state index contributed by atoms with van der Waals surface area (Å²) in [5.74, 6) is -2.10. The molecule has 8 atom stereocenters. The highest BCUT2D eigenvalue weighted by Gasteiger charge is 2.78. The van der Waals surface area contributed by atoms with E-state index in [2.05, 4.69) is 17.6 Å². The average Bonchev–Trinajstić information content (AvgIpc) is 3.29. The molecule has 31 heavy (non-hydrogen) atoms. The first-order chi connectivity index (χ1) is 14.6. The van der Waals surface area contributed by atoms with Crippen LogP contribution in [0.1, 0.15) is 66.7 Å². The lowest BCUT2D eigenvalue weighted by molar-refractivity contribution is -0.151. The SMILES string of the molecule is CCCC(C)NC(=O)C1N([C@@H](CO)[C@@H](C)CC)C(=O)[C@@H]2[C@H](C(=O)NC)[C@]3(C)CCC12O3. The van der Waals surface area contributed by atoms with Crippen LogP contribution in [0.3, 0.4) is 0 Å². The fraction of sp³-hybridized carbons (Fsp3) is 0.870. The van der Waals surface area contributed by atoms with Crippen molar-refractivity contribution in [2.24, 2.45) is 17.8 Å². The summed E-state index contributed by atoms with van der Waals surface area (Å²) in [6, 6.07) is -1.40. The van der Waals surface area contributed by atoms with Crippen LogP contribution in [0.15, 0.2) is 0 Å². The molecule has 3 unspecified atom stereocenters. The normalized spacial score (nSPS) is 36.8. The number of carbonyl (C=O) groups excluding carboxylic acids is 3. The first-order valence-corrected chi connectivity index (χ1v) is 11.8. The van der Waals surface area contributed by atoms with Crippen LogP contribution in [-0.4, -0.2) is 70.7 Å². The van der Waals surface area contributed by atoms with Crippen LogP contribution in [0.4, 0.5) is 0 Å². The fourth-order valence-electron chi connectivity index (χ4n) is 6.22. The number of hydrogen-bond acceptors (Lipinski definition) is 5. The Morgan fingerprint density at radius 3 is 2.48 bits per heavy atom. The van der Waals surface area contributed by atoms with E-state index in [0.29, 0.717) is 12.8 Å². The summed E-state index contributed by atoms with van der Waals surface area (Å²) in [6.07, 6.45) is 3.68. The van der Waals surface area contributed by atoms with E-state index >= 15 is 0 Å². The number of hydrogen-bond donors (Lipinski definition) is 3. The molecule has 0 aliphatic carbocycles. The van der Waals surface area contributed by atoms with Gasteiger partial charge in [0.25, 0.3) is 0 Å². The number of likely N-dealkylation sites (tertiary alicyclic amines) is 1. The lowest BCUT2D eigenvalue weighted by Gasteiger charge is -2.39. The molecule has 0 aromatic carbocycles. The zero-order chi connectivity index (χ0) is 23.1. The molecule has 0 aromatic heterocycles. The van der Waals surface area contributed by atoms with Crippen molar-refractivity contribution in [3.63, 3.8) is 0 Å². The van der Waals surface area contributed by atoms with Gasteiger partial charge < -0.3 is 25.4 Å². The summed E-state index contributed by atoms with van der Waals surface area (Å²) in [4.78, 5) is 41.9.